The molecule has 1 amide bonds. The van der Waals surface area contributed by atoms with E-state index < -0.39 is 5.91 Å². The van der Waals surface area contributed by atoms with Crippen LogP contribution in [-0.4, -0.2) is 28.9 Å². The number of aryl methyl sites for hydroxylation is 2. The van der Waals surface area contributed by atoms with Gasteiger partial charge in [0.2, 0.25) is 0 Å². The number of nitrogens with zero attached hydrogens (tertiary/aromatic N) is 1. The number of nitrogens with one attached hydrogen (secondary N) is 1. The van der Waals surface area contributed by atoms with E-state index in [1.165, 1.54) is 12.3 Å². The Morgan fingerprint density at radius 3 is 2.54 bits per heavy atom. The highest BCUT2D eigenvalue weighted by Crippen LogP contribution is 2.31. The molecule has 0 radical (unpaired) electrons. The number of aromatic hydroxyl groups is 2. The maximum absolute atomic E-state index is 11.7. The molecule has 0 fully saturated rings. The van der Waals surface area contributed by atoms with Crippen LogP contribution in [0.2, 0.25) is 0 Å². The second kappa shape index (κ2) is 7.50. The van der Waals surface area contributed by atoms with E-state index in [0.29, 0.717) is 22.4 Å². The Balaban J connectivity index is 1.93. The number of rotatable bonds is 5. The van der Waals surface area contributed by atoms with Gasteiger partial charge >= 0.3 is 0 Å². The lowest BCUT2D eigenvalue weighted by Crippen LogP contribution is -2.24. The lowest BCUT2D eigenvalue weighted by molar-refractivity contribution is -0.123. The van der Waals surface area contributed by atoms with Crippen molar-refractivity contribution in [2.75, 3.05) is 6.61 Å². The van der Waals surface area contributed by atoms with Gasteiger partial charge in [0.05, 0.1) is 6.21 Å². The van der Waals surface area contributed by atoms with Crippen LogP contribution in [0.1, 0.15) is 22.3 Å². The molecule has 0 bridgehead atoms. The van der Waals surface area contributed by atoms with Gasteiger partial charge < -0.3 is 14.9 Å². The molecule has 0 saturated carbocycles. The molecular weight excluding hydrogens is 308 g/mol. The molecule has 0 aliphatic carbocycles. The fraction of sp³-hybridized carbons (Fsp3) is 0.222. The summed E-state index contributed by atoms with van der Waals surface area (Å²) in [6.07, 6.45) is 1.33. The van der Waals surface area contributed by atoms with Crippen LogP contribution >= 0.6 is 0 Å². The van der Waals surface area contributed by atoms with Gasteiger partial charge in [-0.25, -0.2) is 5.43 Å². The van der Waals surface area contributed by atoms with Crippen LogP contribution in [0.4, 0.5) is 0 Å². The minimum absolute atomic E-state index is 0.0117. The van der Waals surface area contributed by atoms with Gasteiger partial charge in [-0.3, -0.25) is 4.79 Å². The van der Waals surface area contributed by atoms with E-state index in [2.05, 4.69) is 10.5 Å². The fourth-order valence-corrected chi connectivity index (χ4v) is 2.05. The smallest absolute Gasteiger partial charge is 0.277 e. The molecule has 2 aromatic carbocycles. The summed E-state index contributed by atoms with van der Waals surface area (Å²) < 4.78 is 5.34. The van der Waals surface area contributed by atoms with Gasteiger partial charge in [-0.1, -0.05) is 17.7 Å². The Morgan fingerprint density at radius 1 is 1.21 bits per heavy atom. The molecule has 24 heavy (non-hydrogen) atoms. The van der Waals surface area contributed by atoms with Crippen LogP contribution in [0.5, 0.6) is 17.2 Å². The monoisotopic (exact) mass is 328 g/mol. The molecule has 0 heterocycles. The molecule has 0 atom stereocenters. The van der Waals surface area contributed by atoms with E-state index in [-0.39, 0.29) is 18.1 Å². The van der Waals surface area contributed by atoms with Gasteiger partial charge in [0.25, 0.3) is 5.91 Å². The number of carbonyl (C=O) groups is 1. The Labute approximate surface area is 140 Å². The van der Waals surface area contributed by atoms with Crippen molar-refractivity contribution in [1.29, 1.82) is 0 Å². The Bertz CT molecular complexity index is 768. The summed E-state index contributed by atoms with van der Waals surface area (Å²) >= 11 is 0. The number of carbonyl (C=O) groups excluding carboxylic acids is 1. The van der Waals surface area contributed by atoms with Crippen molar-refractivity contribution in [3.63, 3.8) is 0 Å². The Kier molecular flexibility index (Phi) is 5.42. The number of hydrogen-bond acceptors (Lipinski definition) is 5. The minimum atomic E-state index is -0.417. The number of benzene rings is 2. The number of hydrazone groups is 1. The van der Waals surface area contributed by atoms with E-state index in [0.717, 1.165) is 5.56 Å². The van der Waals surface area contributed by atoms with Crippen molar-refractivity contribution >= 4 is 12.1 Å². The van der Waals surface area contributed by atoms with Crippen LogP contribution in [0.3, 0.4) is 0 Å². The molecule has 6 nitrogen and oxygen atoms in total. The van der Waals surface area contributed by atoms with Crippen LogP contribution in [0, 0.1) is 20.8 Å². The standard InChI is InChI=1S/C18H20N2O4/c1-11-4-6-14(7-5-11)24-10-17(22)20-19-9-15-12(2)8-16(21)13(3)18(15)23/h4-9,21,23H,10H2,1-3H3,(H,20,22)/b19-9-. The number of phenols is 2. The first-order valence-corrected chi connectivity index (χ1v) is 7.42. The second-order valence-electron chi connectivity index (χ2n) is 5.49. The average molecular weight is 328 g/mol. The lowest BCUT2D eigenvalue weighted by atomic mass is 10.0. The summed E-state index contributed by atoms with van der Waals surface area (Å²) in [5.74, 6) is 0.126. The normalized spacial score (nSPS) is 10.8. The van der Waals surface area contributed by atoms with Gasteiger partial charge in [-0.15, -0.1) is 0 Å². The third-order valence-corrected chi connectivity index (χ3v) is 3.55. The lowest BCUT2D eigenvalue weighted by Gasteiger charge is -2.09. The zero-order chi connectivity index (χ0) is 17.7. The van der Waals surface area contributed by atoms with E-state index in [1.807, 2.05) is 19.1 Å². The molecule has 3 N–H and O–H groups in total. The molecule has 2 aromatic rings. The maximum Gasteiger partial charge on any atom is 0.277 e. The molecule has 126 valence electrons. The molecule has 0 unspecified atom stereocenters. The first kappa shape index (κ1) is 17.3. The van der Waals surface area contributed by atoms with E-state index in [4.69, 9.17) is 4.74 Å². The van der Waals surface area contributed by atoms with Crippen molar-refractivity contribution in [3.8, 4) is 17.2 Å². The van der Waals surface area contributed by atoms with Gasteiger partial charge in [0.1, 0.15) is 17.2 Å². The summed E-state index contributed by atoms with van der Waals surface area (Å²) in [4.78, 5) is 11.7. The van der Waals surface area contributed by atoms with Crippen molar-refractivity contribution < 1.29 is 19.7 Å². The minimum Gasteiger partial charge on any atom is -0.508 e. The summed E-state index contributed by atoms with van der Waals surface area (Å²) in [6.45, 7) is 5.12. The topological polar surface area (TPSA) is 91.2 Å². The van der Waals surface area contributed by atoms with Crippen LogP contribution in [-0.2, 0) is 4.79 Å². The summed E-state index contributed by atoms with van der Waals surface area (Å²) in [5.41, 5.74) is 4.88. The average Bonchev–Trinajstić information content (AvgIpc) is 2.55. The number of phenolic OH excluding ortho intramolecular Hbond substituents is 2. The summed E-state index contributed by atoms with van der Waals surface area (Å²) in [7, 11) is 0. The Hall–Kier alpha value is -3.02. The summed E-state index contributed by atoms with van der Waals surface area (Å²) in [5, 5.41) is 23.4. The number of amides is 1. The first-order chi connectivity index (χ1) is 11.4. The largest absolute Gasteiger partial charge is 0.508 e. The number of ether oxygens (including phenoxy) is 1. The van der Waals surface area contributed by atoms with Crippen LogP contribution < -0.4 is 10.2 Å². The third kappa shape index (κ3) is 4.25. The molecule has 0 aromatic heterocycles. The molecule has 2 rings (SSSR count). The Morgan fingerprint density at radius 2 is 1.88 bits per heavy atom. The highest BCUT2D eigenvalue weighted by atomic mass is 16.5. The fourth-order valence-electron chi connectivity index (χ4n) is 2.05. The highest BCUT2D eigenvalue weighted by molar-refractivity contribution is 5.88. The molecule has 6 heteroatoms. The first-order valence-electron chi connectivity index (χ1n) is 7.42. The molecule has 0 aliphatic heterocycles. The van der Waals surface area contributed by atoms with Crippen LogP contribution in [0.25, 0.3) is 0 Å². The van der Waals surface area contributed by atoms with Gasteiger partial charge in [0, 0.05) is 11.1 Å². The number of hydrogen-bond donors (Lipinski definition) is 3. The predicted octanol–water partition coefficient (Wildman–Crippen LogP) is 2.55. The van der Waals surface area contributed by atoms with Crippen molar-refractivity contribution in [2.45, 2.75) is 20.8 Å². The van der Waals surface area contributed by atoms with Crippen molar-refractivity contribution in [1.82, 2.24) is 5.43 Å². The molecule has 0 saturated heterocycles. The quantitative estimate of drug-likeness (QED) is 0.581. The van der Waals surface area contributed by atoms with Crippen molar-refractivity contribution in [3.05, 3.63) is 52.6 Å². The second-order valence-corrected chi connectivity index (χ2v) is 5.49. The van der Waals surface area contributed by atoms with Crippen molar-refractivity contribution in [2.24, 2.45) is 5.10 Å². The van der Waals surface area contributed by atoms with Gasteiger partial charge in [0.15, 0.2) is 6.61 Å². The van der Waals surface area contributed by atoms with Gasteiger partial charge in [-0.2, -0.15) is 5.10 Å². The zero-order valence-electron chi connectivity index (χ0n) is 13.8. The maximum atomic E-state index is 11.7. The SMILES string of the molecule is Cc1ccc(OCC(=O)N/N=C\c2c(C)cc(O)c(C)c2O)cc1. The molecular formula is C18H20N2O4. The van der Waals surface area contributed by atoms with E-state index in [1.54, 1.807) is 26.0 Å². The summed E-state index contributed by atoms with van der Waals surface area (Å²) in [6, 6.07) is 8.88. The van der Waals surface area contributed by atoms with Gasteiger partial charge in [-0.05, 0) is 44.5 Å². The third-order valence-electron chi connectivity index (χ3n) is 3.55. The molecule has 0 spiro atoms. The predicted molar refractivity (Wildman–Crippen MR) is 91.7 cm³/mol. The zero-order valence-corrected chi connectivity index (χ0v) is 13.8. The van der Waals surface area contributed by atoms with E-state index in [9.17, 15) is 15.0 Å². The highest BCUT2D eigenvalue weighted by Gasteiger charge is 2.10. The molecule has 0 aliphatic rings. The van der Waals surface area contributed by atoms with Crippen LogP contribution in [0.15, 0.2) is 35.4 Å². The van der Waals surface area contributed by atoms with E-state index >= 15 is 0 Å².